The van der Waals surface area contributed by atoms with Gasteiger partial charge in [-0.1, -0.05) is 87.4 Å². The Morgan fingerprint density at radius 2 is 1.39 bits per heavy atom. The van der Waals surface area contributed by atoms with Crippen LogP contribution in [0, 0.1) is 18.8 Å². The van der Waals surface area contributed by atoms with Gasteiger partial charge in [-0.3, -0.25) is 0 Å². The first kappa shape index (κ1) is 16.7. The van der Waals surface area contributed by atoms with Gasteiger partial charge in [-0.25, -0.2) is 0 Å². The average molecular weight is 244 g/mol. The van der Waals surface area contributed by atoms with Crippen LogP contribution in [0.4, 0.5) is 0 Å². The average Bonchev–Trinajstić information content (AvgIpc) is 2.38. The molecule has 1 aromatic rings. The Labute approximate surface area is 113 Å². The van der Waals surface area contributed by atoms with Gasteiger partial charge >= 0.3 is 0 Å². The third-order valence-corrected chi connectivity index (χ3v) is 2.96. The van der Waals surface area contributed by atoms with Crippen LogP contribution in [0.3, 0.4) is 0 Å². The van der Waals surface area contributed by atoms with Crippen molar-refractivity contribution in [2.45, 2.75) is 41.5 Å². The molecular formula is C18H28. The second-order valence-corrected chi connectivity index (χ2v) is 4.64. The van der Waals surface area contributed by atoms with Crippen LogP contribution in [0.1, 0.15) is 40.2 Å². The second kappa shape index (κ2) is 9.70. The van der Waals surface area contributed by atoms with E-state index in [9.17, 15) is 0 Å². The summed E-state index contributed by atoms with van der Waals surface area (Å²) in [4.78, 5) is 0. The van der Waals surface area contributed by atoms with Gasteiger partial charge in [0.05, 0.1) is 0 Å². The molecule has 0 N–H and O–H groups in total. The van der Waals surface area contributed by atoms with Crippen LogP contribution in [0.2, 0.25) is 0 Å². The topological polar surface area (TPSA) is 0 Å². The van der Waals surface area contributed by atoms with E-state index in [0.29, 0.717) is 0 Å². The Morgan fingerprint density at radius 1 is 0.833 bits per heavy atom. The summed E-state index contributed by atoms with van der Waals surface area (Å²) in [7, 11) is 0. The van der Waals surface area contributed by atoms with E-state index < -0.39 is 0 Å². The first-order valence-corrected chi connectivity index (χ1v) is 6.98. The summed E-state index contributed by atoms with van der Waals surface area (Å²) < 4.78 is 0. The molecule has 0 spiro atoms. The summed E-state index contributed by atoms with van der Waals surface area (Å²) in [5.74, 6) is 1.46. The number of allylic oxidation sites excluding steroid dienone is 4. The molecule has 2 unspecified atom stereocenters. The van der Waals surface area contributed by atoms with Gasteiger partial charge in [0.15, 0.2) is 0 Å². The fraction of sp³-hybridized carbons (Fsp3) is 0.444. The normalized spacial score (nSPS) is 20.9. The minimum absolute atomic E-state index is 0.730. The van der Waals surface area contributed by atoms with E-state index in [1.807, 2.05) is 32.0 Å². The van der Waals surface area contributed by atoms with E-state index in [0.717, 1.165) is 11.8 Å². The smallest absolute Gasteiger partial charge is 0.0196 e. The molecule has 0 heteroatoms. The SMILES string of the molecule is CC.CC1=CC(C)C(C)C=C1.Cc1ccccc1. The van der Waals surface area contributed by atoms with Crippen LogP contribution in [0.5, 0.6) is 0 Å². The van der Waals surface area contributed by atoms with Gasteiger partial charge < -0.3 is 0 Å². The Kier molecular flexibility index (Phi) is 9.00. The molecule has 0 saturated carbocycles. The van der Waals surface area contributed by atoms with Crippen LogP contribution in [0.25, 0.3) is 0 Å². The first-order chi connectivity index (χ1) is 8.59. The molecular weight excluding hydrogens is 216 g/mol. The molecule has 0 amide bonds. The summed E-state index contributed by atoms with van der Waals surface area (Å²) in [6.45, 7) is 12.8. The molecule has 1 aliphatic carbocycles. The molecule has 18 heavy (non-hydrogen) atoms. The lowest BCUT2D eigenvalue weighted by Crippen LogP contribution is -2.05. The zero-order chi connectivity index (χ0) is 14.0. The first-order valence-electron chi connectivity index (χ1n) is 6.98. The lowest BCUT2D eigenvalue weighted by Gasteiger charge is -2.16. The van der Waals surface area contributed by atoms with Crippen LogP contribution < -0.4 is 0 Å². The number of aryl methyl sites for hydroxylation is 1. The van der Waals surface area contributed by atoms with Crippen LogP contribution in [0.15, 0.2) is 54.1 Å². The maximum absolute atomic E-state index is 2.32. The third kappa shape index (κ3) is 7.11. The summed E-state index contributed by atoms with van der Waals surface area (Å²) >= 11 is 0. The fourth-order valence-corrected chi connectivity index (χ4v) is 1.64. The summed E-state index contributed by atoms with van der Waals surface area (Å²) in [6, 6.07) is 10.3. The molecule has 0 radical (unpaired) electrons. The lowest BCUT2D eigenvalue weighted by atomic mass is 9.89. The zero-order valence-electron chi connectivity index (χ0n) is 12.8. The molecule has 0 aromatic heterocycles. The standard InChI is InChI=1S/C9H14.C7H8.C2H6/c1-7-4-5-8(2)9(3)6-7;1-7-5-3-2-4-6-7;1-2/h4-6,8-9H,1-3H3;2-6H,1H3;1-2H3. The van der Waals surface area contributed by atoms with Crippen molar-refractivity contribution in [3.8, 4) is 0 Å². The van der Waals surface area contributed by atoms with E-state index in [4.69, 9.17) is 0 Å². The van der Waals surface area contributed by atoms with Crippen molar-refractivity contribution >= 4 is 0 Å². The van der Waals surface area contributed by atoms with Crippen molar-refractivity contribution in [3.63, 3.8) is 0 Å². The Balaban J connectivity index is 0.000000289. The van der Waals surface area contributed by atoms with Gasteiger partial charge in [0.25, 0.3) is 0 Å². The maximum Gasteiger partial charge on any atom is -0.0196 e. The van der Waals surface area contributed by atoms with Crippen molar-refractivity contribution < 1.29 is 0 Å². The van der Waals surface area contributed by atoms with Crippen molar-refractivity contribution in [2.24, 2.45) is 11.8 Å². The van der Waals surface area contributed by atoms with Crippen LogP contribution in [-0.4, -0.2) is 0 Å². The number of hydrogen-bond acceptors (Lipinski definition) is 0. The van der Waals surface area contributed by atoms with Gasteiger partial charge in [0, 0.05) is 0 Å². The number of hydrogen-bond donors (Lipinski definition) is 0. The molecule has 2 rings (SSSR count). The van der Waals surface area contributed by atoms with Crippen molar-refractivity contribution in [2.75, 3.05) is 0 Å². The van der Waals surface area contributed by atoms with Crippen LogP contribution >= 0.6 is 0 Å². The zero-order valence-corrected chi connectivity index (χ0v) is 12.8. The minimum atomic E-state index is 0.730. The van der Waals surface area contributed by atoms with Crippen molar-refractivity contribution in [3.05, 3.63) is 59.7 Å². The molecule has 0 fully saturated rings. The Hall–Kier alpha value is -1.30. The molecule has 0 heterocycles. The lowest BCUT2D eigenvalue weighted by molar-refractivity contribution is 0.548. The highest BCUT2D eigenvalue weighted by molar-refractivity contribution is 5.22. The molecule has 0 saturated heterocycles. The highest BCUT2D eigenvalue weighted by Crippen LogP contribution is 2.20. The van der Waals surface area contributed by atoms with Crippen molar-refractivity contribution in [1.29, 1.82) is 0 Å². The van der Waals surface area contributed by atoms with Gasteiger partial charge in [-0.05, 0) is 25.7 Å². The summed E-state index contributed by atoms with van der Waals surface area (Å²) in [5, 5.41) is 0. The highest BCUT2D eigenvalue weighted by atomic mass is 14.1. The second-order valence-electron chi connectivity index (χ2n) is 4.64. The van der Waals surface area contributed by atoms with Crippen LogP contribution in [-0.2, 0) is 0 Å². The van der Waals surface area contributed by atoms with Gasteiger partial charge in [0.2, 0.25) is 0 Å². The van der Waals surface area contributed by atoms with E-state index in [2.05, 4.69) is 58.1 Å². The third-order valence-electron chi connectivity index (χ3n) is 2.96. The minimum Gasteiger partial charge on any atom is -0.0809 e. The summed E-state index contributed by atoms with van der Waals surface area (Å²) in [5.41, 5.74) is 2.73. The molecule has 0 bridgehead atoms. The van der Waals surface area contributed by atoms with E-state index in [1.54, 1.807) is 0 Å². The van der Waals surface area contributed by atoms with E-state index in [1.165, 1.54) is 11.1 Å². The largest absolute Gasteiger partial charge is 0.0809 e. The number of rotatable bonds is 0. The molecule has 0 nitrogen and oxygen atoms in total. The molecule has 1 aliphatic rings. The highest BCUT2D eigenvalue weighted by Gasteiger charge is 2.08. The molecule has 2 atom stereocenters. The fourth-order valence-electron chi connectivity index (χ4n) is 1.64. The maximum atomic E-state index is 2.32. The summed E-state index contributed by atoms with van der Waals surface area (Å²) in [6.07, 6.45) is 6.80. The van der Waals surface area contributed by atoms with E-state index in [-0.39, 0.29) is 0 Å². The number of benzene rings is 1. The predicted octanol–water partition coefficient (Wildman–Crippen LogP) is 5.80. The molecule has 1 aromatic carbocycles. The van der Waals surface area contributed by atoms with E-state index >= 15 is 0 Å². The van der Waals surface area contributed by atoms with Crippen molar-refractivity contribution in [1.82, 2.24) is 0 Å². The van der Waals surface area contributed by atoms with Gasteiger partial charge in [-0.15, -0.1) is 0 Å². The van der Waals surface area contributed by atoms with Gasteiger partial charge in [-0.2, -0.15) is 0 Å². The predicted molar refractivity (Wildman–Crippen MR) is 83.8 cm³/mol. The molecule has 100 valence electrons. The van der Waals surface area contributed by atoms with Gasteiger partial charge in [0.1, 0.15) is 0 Å². The quantitative estimate of drug-likeness (QED) is 0.541. The Bertz CT molecular complexity index is 357. The Morgan fingerprint density at radius 3 is 1.72 bits per heavy atom. The monoisotopic (exact) mass is 244 g/mol. The molecule has 0 aliphatic heterocycles.